The third-order valence-electron chi connectivity index (χ3n) is 3.69. The first-order valence-corrected chi connectivity index (χ1v) is 6.84. The molecule has 1 aromatic carbocycles. The maximum Gasteiger partial charge on any atom is 0.234 e. The lowest BCUT2D eigenvalue weighted by atomic mass is 9.91. The summed E-state index contributed by atoms with van der Waals surface area (Å²) in [4.78, 5) is 29.9. The van der Waals surface area contributed by atoms with Crippen LogP contribution in [0.2, 0.25) is 0 Å². The van der Waals surface area contributed by atoms with Gasteiger partial charge in [0.2, 0.25) is 11.8 Å². The van der Waals surface area contributed by atoms with Crippen molar-refractivity contribution in [1.82, 2.24) is 4.98 Å². The molecular formula is C16H14FN3O2. The topological polar surface area (TPSA) is 62.3 Å². The zero-order chi connectivity index (χ0) is 15.7. The van der Waals surface area contributed by atoms with E-state index in [1.54, 1.807) is 31.4 Å². The zero-order valence-corrected chi connectivity index (χ0v) is 11.9. The highest BCUT2D eigenvalue weighted by Gasteiger charge is 2.33. The van der Waals surface area contributed by atoms with Crippen molar-refractivity contribution < 1.29 is 14.0 Å². The van der Waals surface area contributed by atoms with E-state index in [-0.39, 0.29) is 18.2 Å². The van der Waals surface area contributed by atoms with E-state index >= 15 is 0 Å². The largest absolute Gasteiger partial charge is 0.315 e. The second-order valence-electron chi connectivity index (χ2n) is 5.12. The van der Waals surface area contributed by atoms with Gasteiger partial charge in [-0.3, -0.25) is 9.59 Å². The lowest BCUT2D eigenvalue weighted by molar-refractivity contribution is -0.124. The minimum absolute atomic E-state index is 0.0528. The fourth-order valence-electron chi connectivity index (χ4n) is 2.55. The molecule has 2 amide bonds. The van der Waals surface area contributed by atoms with Crippen molar-refractivity contribution >= 4 is 23.3 Å². The summed E-state index contributed by atoms with van der Waals surface area (Å²) in [6.45, 7) is 0. The standard InChI is InChI=1S/C16H14FN3O2/c1-20(11-5-2-4-10(17)8-11)16(22)13-9-14(21)19-15-12(13)6-3-7-18-15/h2-8,13H,9H2,1H3,(H,18,19,21). The van der Waals surface area contributed by atoms with Crippen LogP contribution in [-0.2, 0) is 9.59 Å². The Labute approximate surface area is 126 Å². The summed E-state index contributed by atoms with van der Waals surface area (Å²) >= 11 is 0. The molecule has 1 aliphatic rings. The molecule has 0 bridgehead atoms. The molecule has 0 saturated heterocycles. The molecule has 0 saturated carbocycles. The first kappa shape index (κ1) is 14.2. The quantitative estimate of drug-likeness (QED) is 0.925. The normalized spacial score (nSPS) is 16.6. The van der Waals surface area contributed by atoms with E-state index in [9.17, 15) is 14.0 Å². The van der Waals surface area contributed by atoms with Gasteiger partial charge in [-0.2, -0.15) is 0 Å². The Kier molecular flexibility index (Phi) is 3.58. The van der Waals surface area contributed by atoms with Crippen LogP contribution in [0.1, 0.15) is 17.9 Å². The number of benzene rings is 1. The number of hydrogen-bond acceptors (Lipinski definition) is 3. The van der Waals surface area contributed by atoms with Crippen molar-refractivity contribution in [2.24, 2.45) is 0 Å². The smallest absolute Gasteiger partial charge is 0.234 e. The highest BCUT2D eigenvalue weighted by atomic mass is 19.1. The van der Waals surface area contributed by atoms with E-state index in [2.05, 4.69) is 10.3 Å². The first-order chi connectivity index (χ1) is 10.6. The number of pyridine rings is 1. The maximum atomic E-state index is 13.3. The molecule has 1 aliphatic heterocycles. The number of anilines is 2. The monoisotopic (exact) mass is 299 g/mol. The van der Waals surface area contributed by atoms with Gasteiger partial charge in [-0.1, -0.05) is 12.1 Å². The Bertz CT molecular complexity index is 748. The Hall–Kier alpha value is -2.76. The van der Waals surface area contributed by atoms with Crippen LogP contribution in [0.4, 0.5) is 15.9 Å². The van der Waals surface area contributed by atoms with Gasteiger partial charge in [-0.05, 0) is 24.3 Å². The number of fused-ring (bicyclic) bond motifs is 1. The Morgan fingerprint density at radius 2 is 2.18 bits per heavy atom. The second-order valence-corrected chi connectivity index (χ2v) is 5.12. The first-order valence-electron chi connectivity index (χ1n) is 6.84. The van der Waals surface area contributed by atoms with Crippen molar-refractivity contribution in [2.45, 2.75) is 12.3 Å². The molecule has 1 unspecified atom stereocenters. The van der Waals surface area contributed by atoms with E-state index in [1.807, 2.05) is 0 Å². The number of hydrogen-bond donors (Lipinski definition) is 1. The van der Waals surface area contributed by atoms with Crippen LogP contribution in [0.25, 0.3) is 0 Å². The number of rotatable bonds is 2. The van der Waals surface area contributed by atoms with Crippen LogP contribution in [0.5, 0.6) is 0 Å². The van der Waals surface area contributed by atoms with Gasteiger partial charge in [0, 0.05) is 30.9 Å². The molecule has 22 heavy (non-hydrogen) atoms. The van der Waals surface area contributed by atoms with E-state index < -0.39 is 11.7 Å². The number of aromatic nitrogens is 1. The van der Waals surface area contributed by atoms with Gasteiger partial charge in [-0.15, -0.1) is 0 Å². The summed E-state index contributed by atoms with van der Waals surface area (Å²) in [5.74, 6) is -1.15. The van der Waals surface area contributed by atoms with Gasteiger partial charge in [0.25, 0.3) is 0 Å². The average Bonchev–Trinajstić information content (AvgIpc) is 2.52. The Morgan fingerprint density at radius 3 is 2.95 bits per heavy atom. The molecule has 0 fully saturated rings. The van der Waals surface area contributed by atoms with Gasteiger partial charge in [0.1, 0.15) is 11.6 Å². The fourth-order valence-corrected chi connectivity index (χ4v) is 2.55. The molecule has 0 aliphatic carbocycles. The van der Waals surface area contributed by atoms with Gasteiger partial charge in [0.05, 0.1) is 5.92 Å². The molecule has 0 radical (unpaired) electrons. The number of carbonyl (C=O) groups is 2. The van der Waals surface area contributed by atoms with Gasteiger partial charge >= 0.3 is 0 Å². The number of amides is 2. The van der Waals surface area contributed by atoms with Crippen molar-refractivity contribution in [3.8, 4) is 0 Å². The van der Waals surface area contributed by atoms with E-state index in [0.29, 0.717) is 17.1 Å². The molecule has 112 valence electrons. The molecule has 0 spiro atoms. The van der Waals surface area contributed by atoms with Crippen LogP contribution < -0.4 is 10.2 Å². The second kappa shape index (κ2) is 5.55. The lowest BCUT2D eigenvalue weighted by Gasteiger charge is -2.28. The summed E-state index contributed by atoms with van der Waals surface area (Å²) in [5.41, 5.74) is 1.12. The number of nitrogens with one attached hydrogen (secondary N) is 1. The predicted molar refractivity (Wildman–Crippen MR) is 80.0 cm³/mol. The molecule has 6 heteroatoms. The molecule has 5 nitrogen and oxygen atoms in total. The number of carbonyl (C=O) groups excluding carboxylic acids is 2. The van der Waals surface area contributed by atoms with Crippen molar-refractivity contribution in [2.75, 3.05) is 17.3 Å². The molecule has 1 atom stereocenters. The zero-order valence-electron chi connectivity index (χ0n) is 11.9. The number of halogens is 1. The van der Waals surface area contributed by atoms with E-state index in [1.165, 1.54) is 23.1 Å². The van der Waals surface area contributed by atoms with Crippen LogP contribution in [0.15, 0.2) is 42.6 Å². The lowest BCUT2D eigenvalue weighted by Crippen LogP contribution is -2.36. The number of nitrogens with zero attached hydrogens (tertiary/aromatic N) is 2. The van der Waals surface area contributed by atoms with Crippen LogP contribution in [0.3, 0.4) is 0 Å². The van der Waals surface area contributed by atoms with Crippen LogP contribution in [-0.4, -0.2) is 23.8 Å². The van der Waals surface area contributed by atoms with Crippen molar-refractivity contribution in [1.29, 1.82) is 0 Å². The van der Waals surface area contributed by atoms with Crippen LogP contribution >= 0.6 is 0 Å². The van der Waals surface area contributed by atoms with Crippen LogP contribution in [0, 0.1) is 5.82 Å². The highest BCUT2D eigenvalue weighted by Crippen LogP contribution is 2.32. The molecule has 2 heterocycles. The molecule has 3 rings (SSSR count). The molecular weight excluding hydrogens is 285 g/mol. The minimum Gasteiger partial charge on any atom is -0.315 e. The third-order valence-corrected chi connectivity index (χ3v) is 3.69. The summed E-state index contributed by atoms with van der Waals surface area (Å²) in [6.07, 6.45) is 1.61. The van der Waals surface area contributed by atoms with Crippen molar-refractivity contribution in [3.63, 3.8) is 0 Å². The van der Waals surface area contributed by atoms with Gasteiger partial charge in [-0.25, -0.2) is 9.37 Å². The molecule has 1 aromatic heterocycles. The average molecular weight is 299 g/mol. The summed E-state index contributed by atoms with van der Waals surface area (Å²) in [7, 11) is 1.57. The minimum atomic E-state index is -0.620. The molecule has 2 aromatic rings. The predicted octanol–water partition coefficient (Wildman–Crippen LogP) is 2.31. The van der Waals surface area contributed by atoms with Gasteiger partial charge in [0.15, 0.2) is 0 Å². The number of likely N-dealkylation sites (N-methyl/N-ethyl adjacent to an activating group) is 1. The van der Waals surface area contributed by atoms with Crippen molar-refractivity contribution in [3.05, 3.63) is 54.0 Å². The SMILES string of the molecule is CN(C(=O)C1CC(=O)Nc2ncccc21)c1cccc(F)c1. The summed E-state index contributed by atoms with van der Waals surface area (Å²) < 4.78 is 13.3. The Balaban J connectivity index is 1.93. The fraction of sp³-hybridized carbons (Fsp3) is 0.188. The molecule has 1 N–H and O–H groups in total. The summed E-state index contributed by atoms with van der Waals surface area (Å²) in [6, 6.07) is 9.27. The maximum absolute atomic E-state index is 13.3. The summed E-state index contributed by atoms with van der Waals surface area (Å²) in [5, 5.41) is 2.65. The van der Waals surface area contributed by atoms with Gasteiger partial charge < -0.3 is 10.2 Å². The van der Waals surface area contributed by atoms with E-state index in [0.717, 1.165) is 0 Å². The highest BCUT2D eigenvalue weighted by molar-refractivity contribution is 6.05. The third kappa shape index (κ3) is 2.55. The van der Waals surface area contributed by atoms with E-state index in [4.69, 9.17) is 0 Å². The Morgan fingerprint density at radius 1 is 1.36 bits per heavy atom.